The molecule has 0 bridgehead atoms. The summed E-state index contributed by atoms with van der Waals surface area (Å²) in [6, 6.07) is 9.48. The van der Waals surface area contributed by atoms with Crippen LogP contribution in [0.25, 0.3) is 0 Å². The number of nitrogen functional groups attached to an aromatic ring is 1. The fourth-order valence-electron chi connectivity index (χ4n) is 1.70. The number of sulfonamides is 1. The van der Waals surface area contributed by atoms with Crippen LogP contribution in [0.2, 0.25) is 0 Å². The van der Waals surface area contributed by atoms with Crippen LogP contribution in [0.15, 0.2) is 47.5 Å². The maximum absolute atomic E-state index is 12.5. The fourth-order valence-corrected chi connectivity index (χ4v) is 2.95. The highest BCUT2D eigenvalue weighted by Gasteiger charge is 2.24. The van der Waals surface area contributed by atoms with Crippen molar-refractivity contribution in [1.82, 2.24) is 4.98 Å². The van der Waals surface area contributed by atoms with Gasteiger partial charge in [-0.3, -0.25) is 4.31 Å². The first-order chi connectivity index (χ1) is 9.46. The first-order valence-corrected chi connectivity index (χ1v) is 7.24. The molecule has 0 aliphatic rings. The zero-order valence-corrected chi connectivity index (χ0v) is 12.0. The minimum Gasteiger partial charge on any atom is -0.497 e. The minimum absolute atomic E-state index is 0.0199. The molecule has 0 radical (unpaired) electrons. The van der Waals surface area contributed by atoms with Gasteiger partial charge in [0.15, 0.2) is 0 Å². The van der Waals surface area contributed by atoms with Crippen molar-refractivity contribution >= 4 is 21.5 Å². The van der Waals surface area contributed by atoms with Gasteiger partial charge in [0.2, 0.25) is 0 Å². The van der Waals surface area contributed by atoms with Crippen LogP contribution in [-0.2, 0) is 10.0 Å². The van der Waals surface area contributed by atoms with Gasteiger partial charge in [-0.15, -0.1) is 0 Å². The van der Waals surface area contributed by atoms with E-state index in [4.69, 9.17) is 10.5 Å². The van der Waals surface area contributed by atoms with Gasteiger partial charge in [-0.25, -0.2) is 13.4 Å². The van der Waals surface area contributed by atoms with Crippen LogP contribution in [0, 0.1) is 0 Å². The Morgan fingerprint density at radius 1 is 1.25 bits per heavy atom. The summed E-state index contributed by atoms with van der Waals surface area (Å²) in [5.41, 5.74) is 5.92. The predicted molar refractivity (Wildman–Crippen MR) is 77.2 cm³/mol. The van der Waals surface area contributed by atoms with E-state index in [1.165, 1.54) is 32.5 Å². The predicted octanol–water partition coefficient (Wildman–Crippen LogP) is 1.50. The van der Waals surface area contributed by atoms with Crippen molar-refractivity contribution < 1.29 is 13.2 Å². The second kappa shape index (κ2) is 5.38. The summed E-state index contributed by atoms with van der Waals surface area (Å²) in [6.07, 6.45) is 1.53. The van der Waals surface area contributed by atoms with Crippen molar-refractivity contribution in [3.63, 3.8) is 0 Å². The van der Waals surface area contributed by atoms with Gasteiger partial charge in [-0.05, 0) is 24.3 Å². The third kappa shape index (κ3) is 2.53. The Bertz CT molecular complexity index is 702. The molecule has 0 saturated heterocycles. The van der Waals surface area contributed by atoms with Crippen LogP contribution in [0.3, 0.4) is 0 Å². The number of hydrogen-bond acceptors (Lipinski definition) is 5. The highest BCUT2D eigenvalue weighted by molar-refractivity contribution is 7.93. The number of benzene rings is 1. The Hall–Kier alpha value is -2.28. The molecule has 20 heavy (non-hydrogen) atoms. The molecular weight excluding hydrogens is 278 g/mol. The Labute approximate surface area is 117 Å². The van der Waals surface area contributed by atoms with Crippen molar-refractivity contribution in [3.8, 4) is 5.75 Å². The molecule has 2 N–H and O–H groups in total. The van der Waals surface area contributed by atoms with E-state index in [0.29, 0.717) is 11.6 Å². The maximum atomic E-state index is 12.5. The zero-order chi connectivity index (χ0) is 14.8. The molecule has 0 atom stereocenters. The summed E-state index contributed by atoms with van der Waals surface area (Å²) in [5.74, 6) is 0.824. The van der Waals surface area contributed by atoms with E-state index in [-0.39, 0.29) is 10.6 Å². The lowest BCUT2D eigenvalue weighted by atomic mass is 10.3. The number of ether oxygens (including phenoxy) is 1. The number of hydrogen-bond donors (Lipinski definition) is 1. The molecule has 0 amide bonds. The fraction of sp³-hybridized carbons (Fsp3) is 0.154. The van der Waals surface area contributed by atoms with Crippen molar-refractivity contribution in [3.05, 3.63) is 42.6 Å². The second-order valence-electron chi connectivity index (χ2n) is 4.06. The lowest BCUT2D eigenvalue weighted by molar-refractivity contribution is 0.414. The molecule has 0 unspecified atom stereocenters. The highest BCUT2D eigenvalue weighted by Crippen LogP contribution is 2.27. The van der Waals surface area contributed by atoms with Gasteiger partial charge >= 0.3 is 0 Å². The van der Waals surface area contributed by atoms with Crippen LogP contribution in [-0.4, -0.2) is 27.6 Å². The molecule has 2 aromatic rings. The smallest absolute Gasteiger partial charge is 0.267 e. The highest BCUT2D eigenvalue weighted by atomic mass is 32.2. The Kier molecular flexibility index (Phi) is 3.80. The van der Waals surface area contributed by atoms with Gasteiger partial charge in [0, 0.05) is 19.3 Å². The molecule has 106 valence electrons. The lowest BCUT2D eigenvalue weighted by Crippen LogP contribution is -2.28. The second-order valence-corrected chi connectivity index (χ2v) is 6.00. The van der Waals surface area contributed by atoms with Crippen LogP contribution in [0.1, 0.15) is 0 Å². The topological polar surface area (TPSA) is 85.5 Å². The number of nitrogens with zero attached hydrogens (tertiary/aromatic N) is 2. The largest absolute Gasteiger partial charge is 0.497 e. The summed E-state index contributed by atoms with van der Waals surface area (Å²) < 4.78 is 31.1. The lowest BCUT2D eigenvalue weighted by Gasteiger charge is -2.19. The molecule has 1 aromatic carbocycles. The van der Waals surface area contributed by atoms with Gasteiger partial charge in [0.05, 0.1) is 12.8 Å². The molecular formula is C13H15N3O3S. The average Bonchev–Trinajstić information content (AvgIpc) is 2.46. The van der Waals surface area contributed by atoms with E-state index in [2.05, 4.69) is 4.98 Å². The first-order valence-electron chi connectivity index (χ1n) is 5.80. The Morgan fingerprint density at radius 3 is 2.55 bits per heavy atom. The van der Waals surface area contributed by atoms with Crippen molar-refractivity contribution in [1.29, 1.82) is 0 Å². The Morgan fingerprint density at radius 2 is 2.00 bits per heavy atom. The van der Waals surface area contributed by atoms with E-state index in [1.807, 2.05) is 0 Å². The molecule has 0 fully saturated rings. The molecule has 0 spiro atoms. The van der Waals surface area contributed by atoms with E-state index in [0.717, 1.165) is 4.31 Å². The van der Waals surface area contributed by atoms with Crippen LogP contribution < -0.4 is 14.8 Å². The minimum atomic E-state index is -3.76. The molecule has 1 heterocycles. The number of rotatable bonds is 4. The number of aromatic nitrogens is 1. The van der Waals surface area contributed by atoms with Crippen molar-refractivity contribution in [2.24, 2.45) is 0 Å². The van der Waals surface area contributed by atoms with Crippen molar-refractivity contribution in [2.45, 2.75) is 4.90 Å². The molecule has 0 aliphatic carbocycles. The molecule has 1 aromatic heterocycles. The maximum Gasteiger partial charge on any atom is 0.267 e. The Balaban J connectivity index is 2.45. The third-order valence-electron chi connectivity index (χ3n) is 2.83. The molecule has 7 heteroatoms. The zero-order valence-electron chi connectivity index (χ0n) is 11.1. The molecule has 6 nitrogen and oxygen atoms in total. The standard InChI is InChI=1S/C13H15N3O3S/c1-16(13-5-3-4-8-15-13)20(17,18)12-7-6-10(19-2)9-11(12)14/h3-9H,14H2,1-2H3. The normalized spacial score (nSPS) is 11.1. The first kappa shape index (κ1) is 14.1. The van der Waals surface area contributed by atoms with Gasteiger partial charge in [0.25, 0.3) is 10.0 Å². The summed E-state index contributed by atoms with van der Waals surface area (Å²) in [6.45, 7) is 0. The van der Waals surface area contributed by atoms with E-state index >= 15 is 0 Å². The van der Waals surface area contributed by atoms with Gasteiger partial charge < -0.3 is 10.5 Å². The molecule has 2 rings (SSSR count). The number of methoxy groups -OCH3 is 1. The summed E-state index contributed by atoms with van der Waals surface area (Å²) in [5, 5.41) is 0. The van der Waals surface area contributed by atoms with Crippen molar-refractivity contribution in [2.75, 3.05) is 24.2 Å². The van der Waals surface area contributed by atoms with Crippen LogP contribution in [0.5, 0.6) is 5.75 Å². The molecule has 0 aliphatic heterocycles. The number of anilines is 2. The summed E-state index contributed by atoms with van der Waals surface area (Å²) in [7, 11) is -0.836. The van der Waals surface area contributed by atoms with Crippen LogP contribution in [0.4, 0.5) is 11.5 Å². The van der Waals surface area contributed by atoms with E-state index in [9.17, 15) is 8.42 Å². The summed E-state index contributed by atoms with van der Waals surface area (Å²) >= 11 is 0. The van der Waals surface area contributed by atoms with E-state index in [1.54, 1.807) is 24.3 Å². The van der Waals surface area contributed by atoms with E-state index < -0.39 is 10.0 Å². The van der Waals surface area contributed by atoms with Crippen LogP contribution >= 0.6 is 0 Å². The number of nitrogens with two attached hydrogens (primary N) is 1. The monoisotopic (exact) mass is 293 g/mol. The quantitative estimate of drug-likeness (QED) is 0.863. The SMILES string of the molecule is COc1ccc(S(=O)(=O)N(C)c2ccccn2)c(N)c1. The summed E-state index contributed by atoms with van der Waals surface area (Å²) in [4.78, 5) is 4.03. The number of pyridine rings is 1. The van der Waals surface area contributed by atoms with Gasteiger partial charge in [0.1, 0.15) is 16.5 Å². The average molecular weight is 293 g/mol. The molecule has 0 saturated carbocycles. The van der Waals surface area contributed by atoms with Gasteiger partial charge in [-0.2, -0.15) is 0 Å². The van der Waals surface area contributed by atoms with Gasteiger partial charge in [-0.1, -0.05) is 6.07 Å². The third-order valence-corrected chi connectivity index (χ3v) is 4.66.